The van der Waals surface area contributed by atoms with E-state index >= 15 is 0 Å². The molecule has 0 aliphatic heterocycles. The highest BCUT2D eigenvalue weighted by atomic mass is 32.2. The van der Waals surface area contributed by atoms with E-state index in [9.17, 15) is 18.0 Å². The van der Waals surface area contributed by atoms with Gasteiger partial charge in [-0.3, -0.25) is 13.9 Å². The number of nitrogens with one attached hydrogen (secondary N) is 1. The van der Waals surface area contributed by atoms with Gasteiger partial charge in [0.15, 0.2) is 5.78 Å². The first-order chi connectivity index (χ1) is 14.7. The number of para-hydroxylation sites is 1. The molecule has 0 heterocycles. The third kappa shape index (κ3) is 5.38. The van der Waals surface area contributed by atoms with Crippen LogP contribution >= 0.6 is 0 Å². The first-order valence-electron chi connectivity index (χ1n) is 9.70. The number of ketones is 1. The van der Waals surface area contributed by atoms with Crippen LogP contribution in [0.5, 0.6) is 0 Å². The van der Waals surface area contributed by atoms with Crippen LogP contribution in [0.1, 0.15) is 27.0 Å². The SMILES string of the molecule is Cc1ccc(C)c(N(CC(=O)Nc2ccccc2C(=O)c2ccccc2)S(C)(=O)=O)c1. The van der Waals surface area contributed by atoms with Gasteiger partial charge in [-0.1, -0.05) is 54.6 Å². The fraction of sp³-hybridized carbons (Fsp3) is 0.167. The fourth-order valence-corrected chi connectivity index (χ4v) is 4.13. The number of carbonyl (C=O) groups excluding carboxylic acids is 2. The van der Waals surface area contributed by atoms with Gasteiger partial charge in [-0.05, 0) is 43.2 Å². The summed E-state index contributed by atoms with van der Waals surface area (Å²) in [6.07, 6.45) is 1.06. The van der Waals surface area contributed by atoms with Crippen molar-refractivity contribution in [2.75, 3.05) is 22.4 Å². The molecule has 1 N–H and O–H groups in total. The Hall–Kier alpha value is -3.45. The summed E-state index contributed by atoms with van der Waals surface area (Å²) in [6.45, 7) is 3.24. The molecule has 3 aromatic carbocycles. The van der Waals surface area contributed by atoms with Crippen molar-refractivity contribution in [3.05, 3.63) is 95.1 Å². The second-order valence-corrected chi connectivity index (χ2v) is 9.26. The molecule has 0 unspecified atom stereocenters. The van der Waals surface area contributed by atoms with Crippen molar-refractivity contribution >= 4 is 33.1 Å². The molecule has 1 amide bonds. The van der Waals surface area contributed by atoms with Gasteiger partial charge in [-0.25, -0.2) is 8.42 Å². The van der Waals surface area contributed by atoms with Crippen molar-refractivity contribution in [3.8, 4) is 0 Å². The van der Waals surface area contributed by atoms with Crippen LogP contribution in [0.25, 0.3) is 0 Å². The minimum Gasteiger partial charge on any atom is -0.324 e. The zero-order valence-electron chi connectivity index (χ0n) is 17.6. The molecule has 0 spiro atoms. The van der Waals surface area contributed by atoms with Crippen molar-refractivity contribution in [2.45, 2.75) is 13.8 Å². The average Bonchev–Trinajstić information content (AvgIpc) is 2.74. The molecule has 0 aromatic heterocycles. The summed E-state index contributed by atoms with van der Waals surface area (Å²) in [6, 6.07) is 20.8. The molecule has 0 radical (unpaired) electrons. The summed E-state index contributed by atoms with van der Waals surface area (Å²) < 4.78 is 25.9. The van der Waals surface area contributed by atoms with Gasteiger partial charge in [0.2, 0.25) is 15.9 Å². The predicted octanol–water partition coefficient (Wildman–Crippen LogP) is 3.94. The standard InChI is InChI=1S/C24H24N2O4S/c1-17-13-14-18(2)22(15-17)26(31(3,29)30)16-23(27)25-21-12-8-7-11-20(21)24(28)19-9-5-4-6-10-19/h4-15H,16H2,1-3H3,(H,25,27). The summed E-state index contributed by atoms with van der Waals surface area (Å²) in [5.74, 6) is -0.773. The molecule has 0 bridgehead atoms. The Balaban J connectivity index is 1.88. The Morgan fingerprint density at radius 3 is 2.23 bits per heavy atom. The van der Waals surface area contributed by atoms with Crippen molar-refractivity contribution in [2.24, 2.45) is 0 Å². The predicted molar refractivity (Wildman–Crippen MR) is 123 cm³/mol. The van der Waals surface area contributed by atoms with Gasteiger partial charge in [0.05, 0.1) is 17.6 Å². The largest absolute Gasteiger partial charge is 0.324 e. The number of aryl methyl sites for hydroxylation is 2. The van der Waals surface area contributed by atoms with E-state index in [0.717, 1.165) is 21.7 Å². The maximum absolute atomic E-state index is 12.9. The third-order valence-corrected chi connectivity index (χ3v) is 5.93. The van der Waals surface area contributed by atoms with Crippen molar-refractivity contribution < 1.29 is 18.0 Å². The van der Waals surface area contributed by atoms with E-state index in [1.54, 1.807) is 61.5 Å². The highest BCUT2D eigenvalue weighted by Gasteiger charge is 2.23. The van der Waals surface area contributed by atoms with Crippen molar-refractivity contribution in [3.63, 3.8) is 0 Å². The lowest BCUT2D eigenvalue weighted by Gasteiger charge is -2.24. The molecule has 3 rings (SSSR count). The molecule has 6 nitrogen and oxygen atoms in total. The van der Waals surface area contributed by atoms with Gasteiger partial charge < -0.3 is 5.32 Å². The minimum atomic E-state index is -3.71. The first kappa shape index (κ1) is 22.2. The minimum absolute atomic E-state index is 0.231. The normalized spacial score (nSPS) is 11.1. The number of sulfonamides is 1. The number of rotatable bonds is 7. The lowest BCUT2D eigenvalue weighted by Crippen LogP contribution is -2.38. The van der Waals surface area contributed by atoms with E-state index in [1.807, 2.05) is 25.1 Å². The van der Waals surface area contributed by atoms with Gasteiger partial charge in [0, 0.05) is 11.1 Å². The van der Waals surface area contributed by atoms with E-state index in [1.165, 1.54) is 0 Å². The van der Waals surface area contributed by atoms with Crippen LogP contribution in [-0.2, 0) is 14.8 Å². The molecular formula is C24H24N2O4S. The molecule has 7 heteroatoms. The van der Waals surface area contributed by atoms with Gasteiger partial charge in [-0.2, -0.15) is 0 Å². The molecular weight excluding hydrogens is 412 g/mol. The van der Waals surface area contributed by atoms with Crippen LogP contribution in [0.15, 0.2) is 72.8 Å². The number of amides is 1. The Labute approximate surface area is 182 Å². The van der Waals surface area contributed by atoms with Gasteiger partial charge in [-0.15, -0.1) is 0 Å². The number of hydrogen-bond acceptors (Lipinski definition) is 4. The Morgan fingerprint density at radius 2 is 1.55 bits per heavy atom. The zero-order valence-corrected chi connectivity index (χ0v) is 18.4. The topological polar surface area (TPSA) is 83.6 Å². The van der Waals surface area contributed by atoms with Crippen LogP contribution < -0.4 is 9.62 Å². The highest BCUT2D eigenvalue weighted by Crippen LogP contribution is 2.24. The van der Waals surface area contributed by atoms with Gasteiger partial charge in [0.1, 0.15) is 6.54 Å². The molecule has 0 saturated heterocycles. The number of nitrogens with zero attached hydrogens (tertiary/aromatic N) is 1. The molecule has 0 aliphatic carbocycles. The fourth-order valence-electron chi connectivity index (χ4n) is 3.22. The van der Waals surface area contributed by atoms with Crippen molar-refractivity contribution in [1.82, 2.24) is 0 Å². The Bertz CT molecular complexity index is 1220. The summed E-state index contributed by atoms with van der Waals surface area (Å²) in [4.78, 5) is 25.7. The maximum atomic E-state index is 12.9. The lowest BCUT2D eigenvalue weighted by molar-refractivity contribution is -0.114. The maximum Gasteiger partial charge on any atom is 0.245 e. The Morgan fingerprint density at radius 1 is 0.903 bits per heavy atom. The smallest absolute Gasteiger partial charge is 0.245 e. The van der Waals surface area contributed by atoms with E-state index in [4.69, 9.17) is 0 Å². The third-order valence-electron chi connectivity index (χ3n) is 4.80. The van der Waals surface area contributed by atoms with Gasteiger partial charge in [0.25, 0.3) is 0 Å². The van der Waals surface area contributed by atoms with Crippen LogP contribution in [0.2, 0.25) is 0 Å². The molecule has 0 saturated carbocycles. The Kier molecular flexibility index (Phi) is 6.56. The zero-order chi connectivity index (χ0) is 22.6. The molecule has 0 aliphatic rings. The van der Waals surface area contributed by atoms with Gasteiger partial charge >= 0.3 is 0 Å². The van der Waals surface area contributed by atoms with E-state index < -0.39 is 22.5 Å². The average molecular weight is 437 g/mol. The monoisotopic (exact) mass is 436 g/mol. The number of benzene rings is 3. The number of hydrogen-bond donors (Lipinski definition) is 1. The number of anilines is 2. The van der Waals surface area contributed by atoms with E-state index in [2.05, 4.69) is 5.32 Å². The highest BCUT2D eigenvalue weighted by molar-refractivity contribution is 7.92. The second-order valence-electron chi connectivity index (χ2n) is 7.35. The second kappa shape index (κ2) is 9.14. The summed E-state index contributed by atoms with van der Waals surface area (Å²) in [7, 11) is -3.71. The summed E-state index contributed by atoms with van der Waals surface area (Å²) in [5, 5.41) is 2.70. The molecule has 160 valence electrons. The number of carbonyl (C=O) groups is 2. The quantitative estimate of drug-likeness (QED) is 0.569. The molecule has 31 heavy (non-hydrogen) atoms. The van der Waals surface area contributed by atoms with Crippen LogP contribution in [0.4, 0.5) is 11.4 Å². The molecule has 0 fully saturated rings. The molecule has 3 aromatic rings. The van der Waals surface area contributed by atoms with Crippen LogP contribution in [0.3, 0.4) is 0 Å². The first-order valence-corrected chi connectivity index (χ1v) is 11.6. The van der Waals surface area contributed by atoms with E-state index in [0.29, 0.717) is 22.5 Å². The van der Waals surface area contributed by atoms with Crippen LogP contribution in [0, 0.1) is 13.8 Å². The molecule has 0 atom stereocenters. The van der Waals surface area contributed by atoms with Crippen molar-refractivity contribution in [1.29, 1.82) is 0 Å². The van der Waals surface area contributed by atoms with Crippen LogP contribution in [-0.4, -0.2) is 32.9 Å². The van der Waals surface area contributed by atoms with E-state index in [-0.39, 0.29) is 5.78 Å². The summed E-state index contributed by atoms with van der Waals surface area (Å²) in [5.41, 5.74) is 3.23. The lowest BCUT2D eigenvalue weighted by atomic mass is 10.0. The summed E-state index contributed by atoms with van der Waals surface area (Å²) >= 11 is 0.